The number of thiazole rings is 1. The molecule has 2 aromatic carbocycles. The van der Waals surface area contributed by atoms with Crippen LogP contribution in [0.15, 0.2) is 84.5 Å². The molecule has 0 aliphatic heterocycles. The molecule has 0 aliphatic rings. The predicted octanol–water partition coefficient (Wildman–Crippen LogP) is 3.95. The lowest BCUT2D eigenvalue weighted by Gasteiger charge is -2.18. The number of ether oxygens (including phenoxy) is 1. The summed E-state index contributed by atoms with van der Waals surface area (Å²) in [7, 11) is 1.59. The fourth-order valence-corrected chi connectivity index (χ4v) is 4.11. The number of methoxy groups -OCH3 is 1. The summed E-state index contributed by atoms with van der Waals surface area (Å²) in [6, 6.07) is 19.9. The Labute approximate surface area is 207 Å². The Morgan fingerprint density at radius 2 is 1.71 bits per heavy atom. The smallest absolute Gasteiger partial charge is 0.271 e. The summed E-state index contributed by atoms with van der Waals surface area (Å²) in [5.74, 6) is -0.0292. The number of carbonyl (C=O) groups excluding carboxylic acids is 2. The first-order chi connectivity index (χ1) is 17.1. The topological polar surface area (TPSA) is 105 Å². The minimum absolute atomic E-state index is 0.229. The van der Waals surface area contributed by atoms with Crippen LogP contribution in [0.25, 0.3) is 0 Å². The SMILES string of the molecule is COc1ccccc1Nc1nc(C(=O)NC(Cc2ccccc2)C(=O)NCc2ccncc2)cs1. The molecule has 2 aromatic heterocycles. The van der Waals surface area contributed by atoms with Crippen LogP contribution >= 0.6 is 11.3 Å². The van der Waals surface area contributed by atoms with Gasteiger partial charge in [0.25, 0.3) is 5.91 Å². The highest BCUT2D eigenvalue weighted by atomic mass is 32.1. The van der Waals surface area contributed by atoms with E-state index in [1.54, 1.807) is 24.9 Å². The van der Waals surface area contributed by atoms with Crippen LogP contribution in [0.3, 0.4) is 0 Å². The Kier molecular flexibility index (Phi) is 8.03. The molecule has 0 spiro atoms. The first kappa shape index (κ1) is 23.9. The van der Waals surface area contributed by atoms with Crippen molar-refractivity contribution in [2.45, 2.75) is 19.0 Å². The number of pyridine rings is 1. The summed E-state index contributed by atoms with van der Waals surface area (Å²) in [6.07, 6.45) is 3.69. The number of aromatic nitrogens is 2. The number of rotatable bonds is 10. The number of nitrogens with zero attached hydrogens (tertiary/aromatic N) is 2. The zero-order chi connectivity index (χ0) is 24.5. The Bertz CT molecular complexity index is 1260. The lowest BCUT2D eigenvalue weighted by molar-refractivity contribution is -0.123. The number of benzene rings is 2. The van der Waals surface area contributed by atoms with Crippen molar-refractivity contribution in [2.24, 2.45) is 0 Å². The average Bonchev–Trinajstić information content (AvgIpc) is 3.37. The highest BCUT2D eigenvalue weighted by molar-refractivity contribution is 7.14. The fraction of sp³-hybridized carbons (Fsp3) is 0.154. The van der Waals surface area contributed by atoms with Crippen LogP contribution in [0.1, 0.15) is 21.6 Å². The third kappa shape index (κ3) is 6.64. The van der Waals surface area contributed by atoms with Gasteiger partial charge in [0.2, 0.25) is 5.91 Å². The molecule has 9 heteroatoms. The van der Waals surface area contributed by atoms with E-state index in [9.17, 15) is 9.59 Å². The van der Waals surface area contributed by atoms with Crippen molar-refractivity contribution >= 4 is 34.0 Å². The Morgan fingerprint density at radius 1 is 0.971 bits per heavy atom. The number of carbonyl (C=O) groups is 2. The van der Waals surface area contributed by atoms with Gasteiger partial charge >= 0.3 is 0 Å². The van der Waals surface area contributed by atoms with Gasteiger partial charge in [-0.1, -0.05) is 42.5 Å². The molecular formula is C26H25N5O3S. The molecule has 2 heterocycles. The Hall–Kier alpha value is -4.24. The molecule has 0 saturated heterocycles. The summed E-state index contributed by atoms with van der Waals surface area (Å²) >= 11 is 1.29. The molecule has 35 heavy (non-hydrogen) atoms. The van der Waals surface area contributed by atoms with E-state index in [2.05, 4.69) is 25.9 Å². The molecule has 0 bridgehead atoms. The monoisotopic (exact) mass is 487 g/mol. The number of amides is 2. The Balaban J connectivity index is 1.45. The molecule has 8 nitrogen and oxygen atoms in total. The van der Waals surface area contributed by atoms with E-state index in [-0.39, 0.29) is 11.6 Å². The van der Waals surface area contributed by atoms with Gasteiger partial charge < -0.3 is 20.7 Å². The van der Waals surface area contributed by atoms with E-state index in [4.69, 9.17) is 4.74 Å². The van der Waals surface area contributed by atoms with Crippen molar-refractivity contribution in [3.05, 3.63) is 101 Å². The van der Waals surface area contributed by atoms with Crippen LogP contribution in [-0.4, -0.2) is 34.9 Å². The van der Waals surface area contributed by atoms with Crippen LogP contribution in [0.4, 0.5) is 10.8 Å². The average molecular weight is 488 g/mol. The Morgan fingerprint density at radius 3 is 2.49 bits per heavy atom. The number of hydrogen-bond acceptors (Lipinski definition) is 7. The van der Waals surface area contributed by atoms with Gasteiger partial charge in [-0.2, -0.15) is 0 Å². The van der Waals surface area contributed by atoms with E-state index in [1.807, 2.05) is 66.7 Å². The largest absolute Gasteiger partial charge is 0.495 e. The van der Waals surface area contributed by atoms with Gasteiger partial charge in [-0.05, 0) is 35.4 Å². The molecule has 2 amide bonds. The highest BCUT2D eigenvalue weighted by Gasteiger charge is 2.23. The number of para-hydroxylation sites is 2. The molecule has 0 radical (unpaired) electrons. The third-order valence-electron chi connectivity index (χ3n) is 5.21. The third-order valence-corrected chi connectivity index (χ3v) is 5.96. The lowest BCUT2D eigenvalue weighted by atomic mass is 10.0. The van der Waals surface area contributed by atoms with Crippen LogP contribution in [-0.2, 0) is 17.8 Å². The molecule has 178 valence electrons. The maximum Gasteiger partial charge on any atom is 0.271 e. The fourth-order valence-electron chi connectivity index (χ4n) is 3.40. The molecule has 4 aromatic rings. The van der Waals surface area contributed by atoms with Crippen molar-refractivity contribution in [1.82, 2.24) is 20.6 Å². The van der Waals surface area contributed by atoms with Gasteiger partial charge in [-0.15, -0.1) is 11.3 Å². The van der Waals surface area contributed by atoms with Crippen molar-refractivity contribution in [2.75, 3.05) is 12.4 Å². The summed E-state index contributed by atoms with van der Waals surface area (Å²) < 4.78 is 5.35. The minimum Gasteiger partial charge on any atom is -0.495 e. The highest BCUT2D eigenvalue weighted by Crippen LogP contribution is 2.28. The molecule has 3 N–H and O–H groups in total. The van der Waals surface area contributed by atoms with Crippen molar-refractivity contribution in [3.63, 3.8) is 0 Å². The molecule has 1 unspecified atom stereocenters. The zero-order valence-electron chi connectivity index (χ0n) is 19.1. The van der Waals surface area contributed by atoms with Crippen molar-refractivity contribution < 1.29 is 14.3 Å². The summed E-state index contributed by atoms with van der Waals surface area (Å²) in [5, 5.41) is 11.1. The molecule has 0 aliphatic carbocycles. The van der Waals surface area contributed by atoms with Gasteiger partial charge in [0.1, 0.15) is 17.5 Å². The van der Waals surface area contributed by atoms with Crippen molar-refractivity contribution in [3.8, 4) is 5.75 Å². The minimum atomic E-state index is -0.765. The van der Waals surface area contributed by atoms with E-state index >= 15 is 0 Å². The van der Waals surface area contributed by atoms with Gasteiger partial charge in [-0.25, -0.2) is 4.98 Å². The lowest BCUT2D eigenvalue weighted by Crippen LogP contribution is -2.47. The van der Waals surface area contributed by atoms with Gasteiger partial charge in [-0.3, -0.25) is 14.6 Å². The van der Waals surface area contributed by atoms with E-state index < -0.39 is 11.9 Å². The normalized spacial score (nSPS) is 11.3. The zero-order valence-corrected chi connectivity index (χ0v) is 19.9. The van der Waals surface area contributed by atoms with E-state index in [1.165, 1.54) is 11.3 Å². The van der Waals surface area contributed by atoms with Gasteiger partial charge in [0, 0.05) is 30.7 Å². The number of hydrogen-bond donors (Lipinski definition) is 3. The van der Waals surface area contributed by atoms with E-state index in [0.29, 0.717) is 23.8 Å². The number of anilines is 2. The summed E-state index contributed by atoms with van der Waals surface area (Å²) in [6.45, 7) is 0.339. The molecule has 0 saturated carbocycles. The van der Waals surface area contributed by atoms with Crippen LogP contribution in [0, 0.1) is 0 Å². The maximum absolute atomic E-state index is 13.0. The van der Waals surface area contributed by atoms with Crippen molar-refractivity contribution in [1.29, 1.82) is 0 Å². The molecular weight excluding hydrogens is 462 g/mol. The first-order valence-corrected chi connectivity index (χ1v) is 11.9. The summed E-state index contributed by atoms with van der Waals surface area (Å²) in [4.78, 5) is 34.4. The molecule has 0 fully saturated rings. The first-order valence-electron chi connectivity index (χ1n) is 11.0. The second-order valence-electron chi connectivity index (χ2n) is 7.65. The van der Waals surface area contributed by atoms with Crippen LogP contribution in [0.2, 0.25) is 0 Å². The number of nitrogens with one attached hydrogen (secondary N) is 3. The molecule has 4 rings (SSSR count). The standard InChI is InChI=1S/C26H25N5O3S/c1-34-23-10-6-5-9-20(23)30-26-31-22(17-35-26)25(33)29-21(15-18-7-3-2-4-8-18)24(32)28-16-19-11-13-27-14-12-19/h2-14,17,21H,15-16H2,1H3,(H,28,32)(H,29,33)(H,30,31). The second kappa shape index (κ2) is 11.8. The van der Waals surface area contributed by atoms with Gasteiger partial charge in [0.05, 0.1) is 12.8 Å². The van der Waals surface area contributed by atoms with Gasteiger partial charge in [0.15, 0.2) is 5.13 Å². The summed E-state index contributed by atoms with van der Waals surface area (Å²) in [5.41, 5.74) is 2.83. The van der Waals surface area contributed by atoms with Crippen LogP contribution < -0.4 is 20.7 Å². The quantitative estimate of drug-likeness (QED) is 0.313. The molecule has 1 atom stereocenters. The predicted molar refractivity (Wildman–Crippen MR) is 136 cm³/mol. The second-order valence-corrected chi connectivity index (χ2v) is 8.51. The van der Waals surface area contributed by atoms with Crippen LogP contribution in [0.5, 0.6) is 5.75 Å². The van der Waals surface area contributed by atoms with E-state index in [0.717, 1.165) is 16.8 Å². The maximum atomic E-state index is 13.0.